The summed E-state index contributed by atoms with van der Waals surface area (Å²) in [4.78, 5) is 5.95. The normalized spacial score (nSPS) is 11.2. The molecule has 0 aliphatic carbocycles. The van der Waals surface area contributed by atoms with Gasteiger partial charge in [0.1, 0.15) is 6.07 Å². The van der Waals surface area contributed by atoms with E-state index in [1.165, 1.54) is 6.20 Å². The zero-order chi connectivity index (χ0) is 12.1. The first kappa shape index (κ1) is 11.8. The van der Waals surface area contributed by atoms with Gasteiger partial charge in [0, 0.05) is 19.3 Å². The van der Waals surface area contributed by atoms with Crippen LogP contribution in [-0.2, 0) is 0 Å². The highest BCUT2D eigenvalue weighted by Crippen LogP contribution is 2.22. The van der Waals surface area contributed by atoms with E-state index in [-0.39, 0.29) is 6.04 Å². The average molecular weight is 215 g/mol. The van der Waals surface area contributed by atoms with Crippen LogP contribution in [0.3, 0.4) is 0 Å². The molecule has 1 aromatic rings. The van der Waals surface area contributed by atoms with Crippen LogP contribution in [0.2, 0.25) is 0 Å². The van der Waals surface area contributed by atoms with Crippen molar-refractivity contribution < 1.29 is 0 Å². The van der Waals surface area contributed by atoms with Gasteiger partial charge in [0.15, 0.2) is 5.82 Å². The molecule has 1 heterocycles. The minimum atomic E-state index is 0.0349. The van der Waals surface area contributed by atoms with Gasteiger partial charge in [0.25, 0.3) is 0 Å². The van der Waals surface area contributed by atoms with Gasteiger partial charge in [-0.05, 0) is 13.0 Å². The zero-order valence-electron chi connectivity index (χ0n) is 9.31. The molecule has 1 aromatic heterocycles. The van der Waals surface area contributed by atoms with Crippen molar-refractivity contribution in [3.63, 3.8) is 0 Å². The third-order valence-electron chi connectivity index (χ3n) is 2.41. The molecule has 1 unspecified atom stereocenters. The molecule has 0 aromatic carbocycles. The molecule has 0 aliphatic rings. The molecule has 0 amide bonds. The van der Waals surface area contributed by atoms with Crippen molar-refractivity contribution in [1.82, 2.24) is 4.98 Å². The third kappa shape index (κ3) is 2.40. The van der Waals surface area contributed by atoms with Crippen LogP contribution in [0.5, 0.6) is 0 Å². The van der Waals surface area contributed by atoms with Crippen LogP contribution in [0, 0.1) is 22.7 Å². The lowest BCUT2D eigenvalue weighted by Gasteiger charge is -2.25. The van der Waals surface area contributed by atoms with E-state index in [2.05, 4.69) is 11.1 Å². The summed E-state index contributed by atoms with van der Waals surface area (Å²) in [6.45, 7) is 1.92. The van der Waals surface area contributed by atoms with Gasteiger partial charge in [0.2, 0.25) is 0 Å². The molecule has 0 spiro atoms. The van der Waals surface area contributed by atoms with Crippen LogP contribution in [0.15, 0.2) is 12.3 Å². The number of nitrogen functional groups attached to an aromatic ring is 1. The van der Waals surface area contributed by atoms with Gasteiger partial charge < -0.3 is 10.6 Å². The van der Waals surface area contributed by atoms with Crippen molar-refractivity contribution >= 4 is 11.5 Å². The summed E-state index contributed by atoms with van der Waals surface area (Å²) in [5.74, 6) is 0.599. The summed E-state index contributed by atoms with van der Waals surface area (Å²) in [6, 6.07) is 5.69. The molecule has 82 valence electrons. The first-order valence-corrected chi connectivity index (χ1v) is 4.85. The molecule has 1 rings (SSSR count). The maximum absolute atomic E-state index is 8.68. The van der Waals surface area contributed by atoms with Crippen LogP contribution < -0.4 is 10.6 Å². The molecule has 0 aliphatic heterocycles. The van der Waals surface area contributed by atoms with Gasteiger partial charge in [0.05, 0.1) is 23.7 Å². The van der Waals surface area contributed by atoms with Crippen molar-refractivity contribution in [2.45, 2.75) is 19.4 Å². The minimum Gasteiger partial charge on any atom is -0.396 e. The second-order valence-corrected chi connectivity index (χ2v) is 3.57. The average Bonchev–Trinajstić information content (AvgIpc) is 2.28. The lowest BCUT2D eigenvalue weighted by Crippen LogP contribution is -2.29. The number of nitrogens with two attached hydrogens (primary N) is 1. The number of aromatic nitrogens is 1. The van der Waals surface area contributed by atoms with Crippen molar-refractivity contribution in [2.75, 3.05) is 17.7 Å². The van der Waals surface area contributed by atoms with E-state index in [9.17, 15) is 0 Å². The van der Waals surface area contributed by atoms with Gasteiger partial charge in [-0.15, -0.1) is 0 Å². The highest BCUT2D eigenvalue weighted by molar-refractivity contribution is 5.64. The van der Waals surface area contributed by atoms with Crippen molar-refractivity contribution in [3.05, 3.63) is 17.8 Å². The molecule has 16 heavy (non-hydrogen) atoms. The SMILES string of the molecule is CC(CC#N)N(C)c1ncc(C#N)cc1N. The van der Waals surface area contributed by atoms with Gasteiger partial charge in [-0.25, -0.2) is 4.98 Å². The van der Waals surface area contributed by atoms with E-state index in [1.807, 2.05) is 24.9 Å². The fraction of sp³-hybridized carbons (Fsp3) is 0.364. The Balaban J connectivity index is 2.97. The Kier molecular flexibility index (Phi) is 3.68. The van der Waals surface area contributed by atoms with E-state index in [4.69, 9.17) is 16.3 Å². The van der Waals surface area contributed by atoms with Crippen molar-refractivity contribution in [2.24, 2.45) is 0 Å². The Bertz CT molecular complexity index is 454. The summed E-state index contributed by atoms with van der Waals surface area (Å²) in [7, 11) is 1.83. The maximum atomic E-state index is 8.68. The van der Waals surface area contributed by atoms with Crippen molar-refractivity contribution in [3.8, 4) is 12.1 Å². The fourth-order valence-electron chi connectivity index (χ4n) is 1.31. The summed E-state index contributed by atoms with van der Waals surface area (Å²) in [5.41, 5.74) is 6.68. The lowest BCUT2D eigenvalue weighted by atomic mass is 10.2. The first-order chi connectivity index (χ1) is 7.60. The molecule has 0 radical (unpaired) electrons. The fourth-order valence-corrected chi connectivity index (χ4v) is 1.31. The molecule has 0 bridgehead atoms. The lowest BCUT2D eigenvalue weighted by molar-refractivity contribution is 0.695. The number of nitriles is 2. The minimum absolute atomic E-state index is 0.0349. The van der Waals surface area contributed by atoms with Crippen LogP contribution in [0.25, 0.3) is 0 Å². The van der Waals surface area contributed by atoms with Gasteiger partial charge >= 0.3 is 0 Å². The number of nitrogens with zero attached hydrogens (tertiary/aromatic N) is 4. The Morgan fingerprint density at radius 3 is 2.75 bits per heavy atom. The summed E-state index contributed by atoms with van der Waals surface area (Å²) < 4.78 is 0. The second-order valence-electron chi connectivity index (χ2n) is 3.57. The first-order valence-electron chi connectivity index (χ1n) is 4.85. The molecule has 1 atom stereocenters. The number of anilines is 2. The topological polar surface area (TPSA) is 89.7 Å². The largest absolute Gasteiger partial charge is 0.396 e. The smallest absolute Gasteiger partial charge is 0.151 e. The highest BCUT2D eigenvalue weighted by Gasteiger charge is 2.13. The molecular weight excluding hydrogens is 202 g/mol. The molecule has 2 N–H and O–H groups in total. The molecule has 0 fully saturated rings. The highest BCUT2D eigenvalue weighted by atomic mass is 15.2. The molecule has 5 nitrogen and oxygen atoms in total. The molecule has 0 saturated heterocycles. The monoisotopic (exact) mass is 215 g/mol. The zero-order valence-corrected chi connectivity index (χ0v) is 9.31. The number of hydrogen-bond donors (Lipinski definition) is 1. The molecule has 5 heteroatoms. The van der Waals surface area contributed by atoms with Crippen molar-refractivity contribution in [1.29, 1.82) is 10.5 Å². The number of rotatable bonds is 3. The number of hydrogen-bond acceptors (Lipinski definition) is 5. The maximum Gasteiger partial charge on any atom is 0.151 e. The molecule has 0 saturated carbocycles. The van der Waals surface area contributed by atoms with Gasteiger partial charge in [-0.2, -0.15) is 10.5 Å². The predicted octanol–water partition coefficient (Wildman–Crippen LogP) is 1.27. The molecular formula is C11H13N5. The Morgan fingerprint density at radius 2 is 2.25 bits per heavy atom. The van der Waals surface area contributed by atoms with E-state index in [1.54, 1.807) is 6.07 Å². The summed E-state index contributed by atoms with van der Waals surface area (Å²) >= 11 is 0. The predicted molar refractivity (Wildman–Crippen MR) is 61.5 cm³/mol. The van der Waals surface area contributed by atoms with Crippen LogP contribution in [0.4, 0.5) is 11.5 Å². The van der Waals surface area contributed by atoms with Crippen LogP contribution in [0.1, 0.15) is 18.9 Å². The van der Waals surface area contributed by atoms with Crippen LogP contribution in [-0.4, -0.2) is 18.1 Å². The van der Waals surface area contributed by atoms with E-state index >= 15 is 0 Å². The Hall–Kier alpha value is -2.27. The Labute approximate surface area is 94.7 Å². The standard InChI is InChI=1S/C11H13N5/c1-8(3-4-12)16(2)11-10(14)5-9(6-13)7-15-11/h5,7-8H,3,14H2,1-2H3. The van der Waals surface area contributed by atoms with E-state index in [0.29, 0.717) is 23.5 Å². The number of pyridine rings is 1. The van der Waals surface area contributed by atoms with Crippen LogP contribution >= 0.6 is 0 Å². The Morgan fingerprint density at radius 1 is 1.56 bits per heavy atom. The second kappa shape index (κ2) is 4.99. The summed E-state index contributed by atoms with van der Waals surface area (Å²) in [6.07, 6.45) is 1.87. The third-order valence-corrected chi connectivity index (χ3v) is 2.41. The van der Waals surface area contributed by atoms with E-state index in [0.717, 1.165) is 0 Å². The van der Waals surface area contributed by atoms with E-state index < -0.39 is 0 Å². The quantitative estimate of drug-likeness (QED) is 0.820. The van der Waals surface area contributed by atoms with Gasteiger partial charge in [-0.3, -0.25) is 0 Å². The van der Waals surface area contributed by atoms with Gasteiger partial charge in [-0.1, -0.05) is 0 Å². The summed E-state index contributed by atoms with van der Waals surface area (Å²) in [5, 5.41) is 17.3.